The highest BCUT2D eigenvalue weighted by molar-refractivity contribution is 7.80. The number of esters is 2. The Labute approximate surface area is 236 Å². The highest BCUT2D eigenvalue weighted by Crippen LogP contribution is 2.29. The number of carbonyl (C=O) groups is 4. The molecule has 0 bridgehead atoms. The van der Waals surface area contributed by atoms with Crippen LogP contribution in [0, 0.1) is 0 Å². The van der Waals surface area contributed by atoms with Crippen molar-refractivity contribution in [1.82, 2.24) is 9.88 Å². The lowest BCUT2D eigenvalue weighted by atomic mass is 10.1. The number of aromatic nitrogens is 1. The maximum atomic E-state index is 13.7. The number of anilines is 2. The zero-order chi connectivity index (χ0) is 28.6. The average molecular weight is 561 g/mol. The number of hydrogen-bond donors (Lipinski definition) is 1. The van der Waals surface area contributed by atoms with Crippen LogP contribution in [0.5, 0.6) is 0 Å². The van der Waals surface area contributed by atoms with Crippen LogP contribution in [0.2, 0.25) is 0 Å². The van der Waals surface area contributed by atoms with Crippen molar-refractivity contribution < 1.29 is 28.7 Å². The van der Waals surface area contributed by atoms with Crippen molar-refractivity contribution in [2.45, 2.75) is 32.9 Å². The Balaban J connectivity index is 1.54. The average Bonchev–Trinajstić information content (AvgIpc) is 3.18. The van der Waals surface area contributed by atoms with E-state index >= 15 is 0 Å². The predicted octanol–water partition coefficient (Wildman–Crippen LogP) is 3.97. The van der Waals surface area contributed by atoms with E-state index in [1.54, 1.807) is 79.5 Å². The summed E-state index contributed by atoms with van der Waals surface area (Å²) in [6.45, 7) is 4.17. The summed E-state index contributed by atoms with van der Waals surface area (Å²) in [4.78, 5) is 58.0. The molecule has 0 aliphatic carbocycles. The quantitative estimate of drug-likeness (QED) is 0.290. The molecule has 3 aromatic rings. The van der Waals surface area contributed by atoms with Crippen molar-refractivity contribution in [3.63, 3.8) is 0 Å². The second kappa shape index (κ2) is 12.9. The van der Waals surface area contributed by atoms with Gasteiger partial charge in [-0.15, -0.1) is 0 Å². The number of nitrogens with one attached hydrogen (secondary N) is 1. The summed E-state index contributed by atoms with van der Waals surface area (Å²) in [6, 6.07) is 17.2. The van der Waals surface area contributed by atoms with E-state index in [1.165, 1.54) is 4.90 Å². The van der Waals surface area contributed by atoms with Gasteiger partial charge in [0.1, 0.15) is 6.04 Å². The third-order valence-corrected chi connectivity index (χ3v) is 6.49. The minimum atomic E-state index is -0.891. The van der Waals surface area contributed by atoms with Crippen LogP contribution < -0.4 is 10.2 Å². The third kappa shape index (κ3) is 6.49. The molecule has 206 valence electrons. The minimum absolute atomic E-state index is 0.178. The SMILES string of the molecule is CCOC(=O)c1ccc(NC(=O)C[C@H]2C(=O)N(c3ccc(C(=O)OCC)cc3)C(=S)N2Cc2ccccn2)cc1. The number of amides is 2. The van der Waals surface area contributed by atoms with Gasteiger partial charge in [0, 0.05) is 11.9 Å². The molecule has 40 heavy (non-hydrogen) atoms. The van der Waals surface area contributed by atoms with Gasteiger partial charge in [0.15, 0.2) is 5.11 Å². The first-order valence-electron chi connectivity index (χ1n) is 12.7. The van der Waals surface area contributed by atoms with E-state index in [0.717, 1.165) is 0 Å². The number of hydrogen-bond acceptors (Lipinski definition) is 8. The molecule has 1 aliphatic rings. The van der Waals surface area contributed by atoms with Crippen LogP contribution in [-0.4, -0.2) is 58.0 Å². The molecule has 11 heteroatoms. The second-order valence-corrected chi connectivity index (χ2v) is 9.10. The fraction of sp³-hybridized carbons (Fsp3) is 0.241. The zero-order valence-corrected chi connectivity index (χ0v) is 22.8. The van der Waals surface area contributed by atoms with Gasteiger partial charge in [0.25, 0.3) is 5.91 Å². The summed E-state index contributed by atoms with van der Waals surface area (Å²) in [6.07, 6.45) is 1.46. The fourth-order valence-corrected chi connectivity index (χ4v) is 4.56. The normalized spacial score (nSPS) is 14.7. The van der Waals surface area contributed by atoms with Crippen molar-refractivity contribution in [2.24, 2.45) is 0 Å². The van der Waals surface area contributed by atoms with Crippen LogP contribution in [0.15, 0.2) is 72.9 Å². The first kappa shape index (κ1) is 28.4. The molecule has 1 aromatic heterocycles. The highest BCUT2D eigenvalue weighted by Gasteiger charge is 2.44. The molecular formula is C29H28N4O6S. The molecule has 1 fully saturated rings. The van der Waals surface area contributed by atoms with Crippen molar-refractivity contribution in [3.8, 4) is 0 Å². The van der Waals surface area contributed by atoms with Gasteiger partial charge in [-0.05, 0) is 86.7 Å². The van der Waals surface area contributed by atoms with Gasteiger partial charge >= 0.3 is 11.9 Å². The number of thiocarbonyl (C=S) groups is 1. The lowest BCUT2D eigenvalue weighted by molar-refractivity contribution is -0.124. The Kier molecular flexibility index (Phi) is 9.18. The van der Waals surface area contributed by atoms with E-state index in [4.69, 9.17) is 21.7 Å². The molecule has 2 heterocycles. The molecular weight excluding hydrogens is 532 g/mol. The summed E-state index contributed by atoms with van der Waals surface area (Å²) in [7, 11) is 0. The molecule has 1 saturated heterocycles. The number of nitrogens with zero attached hydrogens (tertiary/aromatic N) is 3. The van der Waals surface area contributed by atoms with Crippen molar-refractivity contribution >= 4 is 52.5 Å². The number of benzene rings is 2. The standard InChI is InChI=1S/C29H28N4O6S/c1-3-38-27(36)19-8-12-21(13-9-19)31-25(34)17-24-26(35)33(23-14-10-20(11-15-23)28(37)39-4-2)29(40)32(24)18-22-7-5-6-16-30-22/h5-16,24H,3-4,17-18H2,1-2H3,(H,31,34)/t24-/m0/s1. The van der Waals surface area contributed by atoms with E-state index in [1.807, 2.05) is 12.1 Å². The van der Waals surface area contributed by atoms with E-state index in [9.17, 15) is 19.2 Å². The molecule has 10 nitrogen and oxygen atoms in total. The number of carbonyl (C=O) groups excluding carboxylic acids is 4. The predicted molar refractivity (Wildman–Crippen MR) is 152 cm³/mol. The summed E-state index contributed by atoms with van der Waals surface area (Å²) >= 11 is 5.70. The number of pyridine rings is 1. The van der Waals surface area contributed by atoms with Gasteiger partial charge in [-0.1, -0.05) is 6.07 Å². The Morgan fingerprint density at radius 1 is 0.900 bits per heavy atom. The van der Waals surface area contributed by atoms with E-state index in [-0.39, 0.29) is 37.2 Å². The Bertz CT molecular complexity index is 1400. The molecule has 1 N–H and O–H groups in total. The molecule has 2 amide bonds. The van der Waals surface area contributed by atoms with Gasteiger partial charge in [-0.2, -0.15) is 0 Å². The number of rotatable bonds is 10. The maximum absolute atomic E-state index is 13.7. The van der Waals surface area contributed by atoms with Crippen LogP contribution in [0.3, 0.4) is 0 Å². The van der Waals surface area contributed by atoms with Crippen LogP contribution in [-0.2, 0) is 25.6 Å². The smallest absolute Gasteiger partial charge is 0.338 e. The molecule has 1 aliphatic heterocycles. The highest BCUT2D eigenvalue weighted by atomic mass is 32.1. The van der Waals surface area contributed by atoms with Crippen LogP contribution in [0.4, 0.5) is 11.4 Å². The van der Waals surface area contributed by atoms with Crippen molar-refractivity contribution in [1.29, 1.82) is 0 Å². The van der Waals surface area contributed by atoms with Gasteiger partial charge in [-0.25, -0.2) is 9.59 Å². The minimum Gasteiger partial charge on any atom is -0.462 e. The first-order chi connectivity index (χ1) is 19.3. The molecule has 0 spiro atoms. The molecule has 0 saturated carbocycles. The molecule has 1 atom stereocenters. The topological polar surface area (TPSA) is 118 Å². The van der Waals surface area contributed by atoms with Crippen molar-refractivity contribution in [2.75, 3.05) is 23.4 Å². The number of ether oxygens (including phenoxy) is 2. The largest absolute Gasteiger partial charge is 0.462 e. The molecule has 0 unspecified atom stereocenters. The zero-order valence-electron chi connectivity index (χ0n) is 22.0. The summed E-state index contributed by atoms with van der Waals surface area (Å²) in [5.41, 5.74) is 2.32. The summed E-state index contributed by atoms with van der Waals surface area (Å²) in [5, 5.41) is 2.99. The lowest BCUT2D eigenvalue weighted by Crippen LogP contribution is -2.37. The summed E-state index contributed by atoms with van der Waals surface area (Å²) in [5.74, 6) is -1.70. The Hall–Kier alpha value is -4.64. The fourth-order valence-electron chi connectivity index (χ4n) is 4.17. The monoisotopic (exact) mass is 560 g/mol. The summed E-state index contributed by atoms with van der Waals surface area (Å²) < 4.78 is 10.0. The Morgan fingerprint density at radius 3 is 2.05 bits per heavy atom. The van der Waals surface area contributed by atoms with Gasteiger partial charge < -0.3 is 19.7 Å². The van der Waals surface area contributed by atoms with Gasteiger partial charge in [0.2, 0.25) is 5.91 Å². The maximum Gasteiger partial charge on any atom is 0.338 e. The van der Waals surface area contributed by atoms with Crippen LogP contribution in [0.25, 0.3) is 0 Å². The molecule has 0 radical (unpaired) electrons. The van der Waals surface area contributed by atoms with Gasteiger partial charge in [-0.3, -0.25) is 19.5 Å². The van der Waals surface area contributed by atoms with Gasteiger partial charge in [0.05, 0.1) is 48.7 Å². The van der Waals surface area contributed by atoms with Crippen LogP contribution >= 0.6 is 12.2 Å². The molecule has 2 aromatic carbocycles. The van der Waals surface area contributed by atoms with E-state index in [0.29, 0.717) is 28.2 Å². The third-order valence-electron chi connectivity index (χ3n) is 6.07. The first-order valence-corrected chi connectivity index (χ1v) is 13.1. The Morgan fingerprint density at radius 2 is 1.50 bits per heavy atom. The molecule has 4 rings (SSSR count). The van der Waals surface area contributed by atoms with Crippen molar-refractivity contribution in [3.05, 3.63) is 89.7 Å². The lowest BCUT2D eigenvalue weighted by Gasteiger charge is -2.23. The van der Waals surface area contributed by atoms with E-state index < -0.39 is 23.9 Å². The van der Waals surface area contributed by atoms with E-state index in [2.05, 4.69) is 10.3 Å². The van der Waals surface area contributed by atoms with Crippen LogP contribution in [0.1, 0.15) is 46.7 Å². The second-order valence-electron chi connectivity index (χ2n) is 8.74.